The van der Waals surface area contributed by atoms with Crippen LogP contribution in [0.2, 0.25) is 0 Å². The predicted octanol–water partition coefficient (Wildman–Crippen LogP) is -4.39. The van der Waals surface area contributed by atoms with Gasteiger partial charge in [0.15, 0.2) is 0 Å². The topological polar surface area (TPSA) is 152 Å². The molecule has 0 amide bonds. The van der Waals surface area contributed by atoms with Gasteiger partial charge < -0.3 is 4.55 Å². The van der Waals surface area contributed by atoms with Crippen molar-refractivity contribution in [2.75, 3.05) is 0 Å². The second kappa shape index (κ2) is 13.1. The van der Waals surface area contributed by atoms with Crippen LogP contribution in [0, 0.1) is 0 Å². The smallest absolute Gasteiger partial charge is 0.726 e. The van der Waals surface area contributed by atoms with E-state index >= 15 is 0 Å². The summed E-state index contributed by atoms with van der Waals surface area (Å²) in [7, 11) is -9.58. The van der Waals surface area contributed by atoms with Gasteiger partial charge in [0.05, 0.1) is 0 Å². The molecule has 0 heterocycles. The number of rotatable bonds is 0. The molecule has 12 heteroatoms. The van der Waals surface area contributed by atoms with Crippen molar-refractivity contribution in [1.29, 1.82) is 0 Å². The monoisotopic (exact) mass is 289 g/mol. The van der Waals surface area contributed by atoms with Crippen LogP contribution in [-0.2, 0) is 20.8 Å². The first-order valence-corrected chi connectivity index (χ1v) is 4.14. The van der Waals surface area contributed by atoms with Crippen LogP contribution in [0.4, 0.5) is 0 Å². The van der Waals surface area contributed by atoms with Crippen molar-refractivity contribution in [3.05, 3.63) is 0 Å². The van der Waals surface area contributed by atoms with Crippen LogP contribution < -0.4 is 51.4 Å². The van der Waals surface area contributed by atoms with Gasteiger partial charge in [-0.05, 0) is 0 Å². The van der Waals surface area contributed by atoms with Gasteiger partial charge in [-0.2, -0.15) is 8.42 Å². The molecule has 0 unspecified atom stereocenters. The van der Waals surface area contributed by atoms with E-state index in [0.717, 1.165) is 0 Å². The Labute approximate surface area is 162 Å². The summed E-state index contributed by atoms with van der Waals surface area (Å²) >= 11 is 0. The van der Waals surface area contributed by atoms with Crippen LogP contribution in [0.25, 0.3) is 0 Å². The first-order chi connectivity index (χ1) is 4.00. The molecule has 0 aromatic carbocycles. The van der Waals surface area contributed by atoms with Crippen molar-refractivity contribution in [3.8, 4) is 0 Å². The Kier molecular flexibility index (Phi) is 29.9. The van der Waals surface area contributed by atoms with E-state index in [9.17, 15) is 0 Å². The minimum absolute atomic E-state index is 0. The van der Waals surface area contributed by atoms with Crippen molar-refractivity contribution in [2.24, 2.45) is 0 Å². The van der Waals surface area contributed by atoms with E-state index < -0.39 is 20.8 Å². The molecule has 0 aliphatic rings. The molecule has 0 fully saturated rings. The summed E-state index contributed by atoms with van der Waals surface area (Å²) in [6.45, 7) is 0. The molecule has 0 rings (SSSR count). The Morgan fingerprint density at radius 1 is 0.923 bits per heavy atom. The minimum Gasteiger partial charge on any atom is -0.726 e. The van der Waals surface area contributed by atoms with Crippen molar-refractivity contribution in [1.82, 2.24) is 0 Å². The molecule has 1 radical (unpaired) electrons. The molecule has 0 aromatic heterocycles. The van der Waals surface area contributed by atoms with Crippen LogP contribution in [0.15, 0.2) is 0 Å². The molecular weight excluding hydrogens is 282 g/mol. The molecule has 0 bridgehead atoms. The third-order valence-electron chi connectivity index (χ3n) is 0. The average molecular weight is 289 g/mol. The normalized spacial score (nSPS) is 8.92. The first-order valence-electron chi connectivity index (χ1n) is 1.38. The fraction of sp³-hybridized carbons (Fsp3) is 1.00. The Hall–Kier alpha value is 3.01. The predicted molar refractivity (Wildman–Crippen MR) is 39.0 cm³/mol. The van der Waals surface area contributed by atoms with Gasteiger partial charge in [0.1, 0.15) is 0 Å². The maximum absolute atomic E-state index is 8.74. The average Bonchev–Trinajstić information content (AvgIpc) is 1.12. The van der Waals surface area contributed by atoms with Gasteiger partial charge in [0.25, 0.3) is 0 Å². The van der Waals surface area contributed by atoms with Gasteiger partial charge in [-0.15, -0.1) is 0 Å². The van der Waals surface area contributed by atoms with Crippen LogP contribution >= 0.6 is 0 Å². The quantitative estimate of drug-likeness (QED) is 0.230. The molecule has 0 saturated heterocycles. The van der Waals surface area contributed by atoms with Crippen LogP contribution in [-0.4, -0.2) is 86.4 Å². The molecular formula is CH7K2O8S2. The summed E-state index contributed by atoms with van der Waals surface area (Å²) in [6, 6.07) is 0. The largest absolute Gasteiger partial charge is 1.00 e. The molecule has 0 aromatic rings. The molecule has 0 saturated carbocycles. The zero-order valence-electron chi connectivity index (χ0n) is 6.20. The minimum atomic E-state index is -4.92. The van der Waals surface area contributed by atoms with E-state index in [1.807, 2.05) is 0 Å². The van der Waals surface area contributed by atoms with Gasteiger partial charge in [0.2, 0.25) is 10.4 Å². The van der Waals surface area contributed by atoms with Crippen molar-refractivity contribution >= 4 is 72.2 Å². The SMILES string of the molecule is C.O=S(=O)(O)O.O=S(=O)([O-])O.[K+].[K]. The molecule has 8 nitrogen and oxygen atoms in total. The Bertz CT molecular complexity index is 217. The van der Waals surface area contributed by atoms with Crippen molar-refractivity contribution in [3.63, 3.8) is 0 Å². The van der Waals surface area contributed by atoms with E-state index in [-0.39, 0.29) is 110 Å². The Balaban J connectivity index is -0.0000000267. The standard InChI is InChI=1S/CH4.2K.2H2O4S/c;;;2*1-5(2,3)4/h1H4;;;2*(H2,1,2,3,4)/q;;+1;;/p-1. The van der Waals surface area contributed by atoms with Crippen molar-refractivity contribution in [2.45, 2.75) is 7.43 Å². The summed E-state index contributed by atoms with van der Waals surface area (Å²) in [6.07, 6.45) is 0. The van der Waals surface area contributed by atoms with Gasteiger partial charge in [-0.25, -0.2) is 8.42 Å². The summed E-state index contributed by atoms with van der Waals surface area (Å²) in [5, 5.41) is 0. The summed E-state index contributed by atoms with van der Waals surface area (Å²) in [4.78, 5) is 0. The zero-order chi connectivity index (χ0) is 9.00. The van der Waals surface area contributed by atoms with Gasteiger partial charge >= 0.3 is 61.8 Å². The van der Waals surface area contributed by atoms with E-state index in [1.165, 1.54) is 0 Å². The van der Waals surface area contributed by atoms with E-state index in [0.29, 0.717) is 0 Å². The second-order valence-corrected chi connectivity index (χ2v) is 2.63. The molecule has 0 atom stereocenters. The fourth-order valence-corrected chi connectivity index (χ4v) is 0. The fourth-order valence-electron chi connectivity index (χ4n) is 0. The summed E-state index contributed by atoms with van der Waals surface area (Å²) in [5.41, 5.74) is 0. The first kappa shape index (κ1) is 29.8. The number of hydrogen-bond acceptors (Lipinski definition) is 5. The zero-order valence-corrected chi connectivity index (χ0v) is 14.1. The van der Waals surface area contributed by atoms with E-state index in [2.05, 4.69) is 0 Å². The summed E-state index contributed by atoms with van der Waals surface area (Å²) < 4.78 is 64.4. The molecule has 3 N–H and O–H groups in total. The van der Waals surface area contributed by atoms with Crippen LogP contribution in [0.3, 0.4) is 0 Å². The van der Waals surface area contributed by atoms with Crippen LogP contribution in [0.1, 0.15) is 7.43 Å². The van der Waals surface area contributed by atoms with Gasteiger partial charge in [-0.1, -0.05) is 7.43 Å². The van der Waals surface area contributed by atoms with Gasteiger partial charge in [0, 0.05) is 51.4 Å². The molecule has 73 valence electrons. The Morgan fingerprint density at radius 3 is 0.923 bits per heavy atom. The molecule has 0 spiro atoms. The third kappa shape index (κ3) is 280. The number of hydrogen-bond donors (Lipinski definition) is 3. The molecule has 13 heavy (non-hydrogen) atoms. The molecule has 0 aliphatic heterocycles. The van der Waals surface area contributed by atoms with Crippen LogP contribution in [0.5, 0.6) is 0 Å². The molecule has 0 aliphatic carbocycles. The van der Waals surface area contributed by atoms with E-state index in [1.54, 1.807) is 0 Å². The summed E-state index contributed by atoms with van der Waals surface area (Å²) in [5.74, 6) is 0. The van der Waals surface area contributed by atoms with Gasteiger partial charge in [-0.3, -0.25) is 13.7 Å². The van der Waals surface area contributed by atoms with E-state index in [4.69, 9.17) is 35.0 Å². The third-order valence-corrected chi connectivity index (χ3v) is 0. The second-order valence-electron chi connectivity index (χ2n) is 0.876. The Morgan fingerprint density at radius 2 is 0.923 bits per heavy atom. The maximum atomic E-state index is 8.74. The van der Waals surface area contributed by atoms with Crippen molar-refractivity contribution < 1.29 is 86.4 Å². The maximum Gasteiger partial charge on any atom is 1.00 e.